The highest BCUT2D eigenvalue weighted by Crippen LogP contribution is 2.37. The molecule has 0 fully saturated rings. The average molecular weight is 273 g/mol. The molecule has 0 saturated carbocycles. The lowest BCUT2D eigenvalue weighted by Gasteiger charge is -2.10. The summed E-state index contributed by atoms with van der Waals surface area (Å²) >= 11 is 0. The molecule has 0 spiro atoms. The van der Waals surface area contributed by atoms with Crippen LogP contribution in [-0.4, -0.2) is 38.6 Å². The van der Waals surface area contributed by atoms with Crippen molar-refractivity contribution in [2.45, 2.75) is 0 Å². The lowest BCUT2D eigenvalue weighted by Crippen LogP contribution is -2.09. The zero-order valence-electron chi connectivity index (χ0n) is 10.6. The molecule has 1 rings (SSSR count). The Labute approximate surface area is 105 Å². The van der Waals surface area contributed by atoms with Crippen LogP contribution in [0.2, 0.25) is 0 Å². The van der Waals surface area contributed by atoms with Gasteiger partial charge in [-0.05, 0) is 25.5 Å². The number of nitrogens with zero attached hydrogens (tertiary/aromatic N) is 1. The van der Waals surface area contributed by atoms with Gasteiger partial charge in [0, 0.05) is 18.5 Å². The molecule has 0 amide bonds. The van der Waals surface area contributed by atoms with Gasteiger partial charge >= 0.3 is 5.69 Å². The Hall–Kier alpha value is -1.39. The molecule has 0 aliphatic carbocycles. The number of nitro groups is 1. The number of benzene rings is 1. The summed E-state index contributed by atoms with van der Waals surface area (Å²) in [5.74, 6) is 0.124. The number of hydrogen-bond donors (Lipinski definition) is 0. The van der Waals surface area contributed by atoms with E-state index in [0.29, 0.717) is 11.9 Å². The van der Waals surface area contributed by atoms with Gasteiger partial charge in [-0.15, -0.1) is 0 Å². The molecule has 1 aromatic rings. The van der Waals surface area contributed by atoms with Crippen LogP contribution in [0.5, 0.6) is 5.75 Å². The molecule has 18 heavy (non-hydrogen) atoms. The minimum absolute atomic E-state index is 0.124. The van der Waals surface area contributed by atoms with Crippen molar-refractivity contribution >= 4 is 18.1 Å². The molecule has 0 saturated heterocycles. The molecule has 0 aromatic heterocycles. The second-order valence-electron chi connectivity index (χ2n) is 4.10. The van der Waals surface area contributed by atoms with Crippen LogP contribution in [0.25, 0.3) is 0 Å². The van der Waals surface area contributed by atoms with Crippen LogP contribution < -0.4 is 10.0 Å². The molecule has 1 aromatic carbocycles. The molecule has 0 aliphatic heterocycles. The van der Waals surface area contributed by atoms with Gasteiger partial charge in [0.15, 0.2) is 5.75 Å². The first-order valence-electron chi connectivity index (χ1n) is 5.32. The van der Waals surface area contributed by atoms with Gasteiger partial charge in [0.25, 0.3) is 0 Å². The minimum Gasteiger partial charge on any atom is -0.484 e. The number of hydrogen-bond acceptors (Lipinski definition) is 5. The standard InChI is InChI=1S/C11H16NO5P/c1-16-6-7-17-11-8-9(18(2,3)15)4-5-10(11)12(13)14/h4-5,8H,6-7H2,1-3H3. The smallest absolute Gasteiger partial charge is 0.310 e. The number of methoxy groups -OCH3 is 1. The van der Waals surface area contributed by atoms with Crippen LogP contribution in [0.4, 0.5) is 5.69 Å². The molecule has 7 heteroatoms. The number of rotatable bonds is 6. The molecular formula is C11H16NO5P. The second-order valence-corrected chi connectivity index (χ2v) is 7.32. The zero-order chi connectivity index (χ0) is 13.8. The SMILES string of the molecule is COCCOc1cc(P(C)(C)=O)ccc1[N+](=O)[O-]. The van der Waals surface area contributed by atoms with E-state index in [9.17, 15) is 14.7 Å². The third-order valence-corrected chi connectivity index (χ3v) is 3.83. The Bertz CT molecular complexity index is 482. The Morgan fingerprint density at radius 3 is 2.50 bits per heavy atom. The molecule has 0 atom stereocenters. The second kappa shape index (κ2) is 5.98. The van der Waals surface area contributed by atoms with Crippen LogP contribution in [0.15, 0.2) is 18.2 Å². The van der Waals surface area contributed by atoms with E-state index < -0.39 is 12.1 Å². The van der Waals surface area contributed by atoms with Crippen molar-refractivity contribution < 1.29 is 19.0 Å². The maximum atomic E-state index is 11.9. The molecular weight excluding hydrogens is 257 g/mol. The largest absolute Gasteiger partial charge is 0.484 e. The Morgan fingerprint density at radius 1 is 1.33 bits per heavy atom. The van der Waals surface area contributed by atoms with Gasteiger partial charge < -0.3 is 14.0 Å². The van der Waals surface area contributed by atoms with Gasteiger partial charge in [0.1, 0.15) is 13.7 Å². The zero-order valence-corrected chi connectivity index (χ0v) is 11.5. The molecule has 0 bridgehead atoms. The first kappa shape index (κ1) is 14.7. The molecule has 100 valence electrons. The fourth-order valence-corrected chi connectivity index (χ4v) is 2.20. The van der Waals surface area contributed by atoms with Gasteiger partial charge in [0.2, 0.25) is 0 Å². The van der Waals surface area contributed by atoms with E-state index in [1.807, 2.05) is 0 Å². The van der Waals surface area contributed by atoms with E-state index in [1.54, 1.807) is 13.3 Å². The van der Waals surface area contributed by atoms with Crippen LogP contribution in [0.3, 0.4) is 0 Å². The third kappa shape index (κ3) is 3.82. The Balaban J connectivity index is 3.08. The summed E-state index contributed by atoms with van der Waals surface area (Å²) in [5.41, 5.74) is -0.136. The van der Waals surface area contributed by atoms with E-state index in [1.165, 1.54) is 25.3 Å². The lowest BCUT2D eigenvalue weighted by atomic mass is 10.3. The van der Waals surface area contributed by atoms with Gasteiger partial charge in [-0.25, -0.2) is 0 Å². The topological polar surface area (TPSA) is 78.7 Å². The first-order valence-corrected chi connectivity index (χ1v) is 7.92. The van der Waals surface area contributed by atoms with Crippen molar-refractivity contribution in [3.63, 3.8) is 0 Å². The van der Waals surface area contributed by atoms with Crippen molar-refractivity contribution in [3.05, 3.63) is 28.3 Å². The summed E-state index contributed by atoms with van der Waals surface area (Å²) in [6, 6.07) is 4.29. The predicted molar refractivity (Wildman–Crippen MR) is 69.6 cm³/mol. The molecule has 0 aliphatic rings. The van der Waals surface area contributed by atoms with E-state index in [-0.39, 0.29) is 18.0 Å². The minimum atomic E-state index is -2.47. The first-order chi connectivity index (χ1) is 8.36. The van der Waals surface area contributed by atoms with Crippen molar-refractivity contribution in [2.75, 3.05) is 33.7 Å². The van der Waals surface area contributed by atoms with Gasteiger partial charge in [0.05, 0.1) is 11.5 Å². The fourth-order valence-electron chi connectivity index (χ4n) is 1.34. The molecule has 0 heterocycles. The van der Waals surface area contributed by atoms with Crippen LogP contribution in [-0.2, 0) is 9.30 Å². The van der Waals surface area contributed by atoms with Crippen molar-refractivity contribution in [1.82, 2.24) is 0 Å². The number of ether oxygens (including phenoxy) is 2. The van der Waals surface area contributed by atoms with Crippen molar-refractivity contribution in [2.24, 2.45) is 0 Å². The summed E-state index contributed by atoms with van der Waals surface area (Å²) in [5, 5.41) is 11.4. The quantitative estimate of drug-likeness (QED) is 0.342. The van der Waals surface area contributed by atoms with Gasteiger partial charge in [-0.3, -0.25) is 10.1 Å². The average Bonchev–Trinajstić information content (AvgIpc) is 2.27. The Morgan fingerprint density at radius 2 is 2.00 bits per heavy atom. The fraction of sp³-hybridized carbons (Fsp3) is 0.455. The van der Waals surface area contributed by atoms with E-state index in [2.05, 4.69) is 0 Å². The summed E-state index contributed by atoms with van der Waals surface area (Å²) < 4.78 is 22.0. The third-order valence-electron chi connectivity index (χ3n) is 2.31. The Kier molecular flexibility index (Phi) is 4.87. The van der Waals surface area contributed by atoms with E-state index in [4.69, 9.17) is 9.47 Å². The molecule has 6 nitrogen and oxygen atoms in total. The molecule has 0 unspecified atom stereocenters. The maximum Gasteiger partial charge on any atom is 0.310 e. The normalized spacial score (nSPS) is 11.3. The van der Waals surface area contributed by atoms with Crippen molar-refractivity contribution in [1.29, 1.82) is 0 Å². The highest BCUT2D eigenvalue weighted by atomic mass is 31.2. The van der Waals surface area contributed by atoms with Gasteiger partial charge in [-0.1, -0.05) is 0 Å². The lowest BCUT2D eigenvalue weighted by molar-refractivity contribution is -0.385. The van der Waals surface area contributed by atoms with E-state index >= 15 is 0 Å². The summed E-state index contributed by atoms with van der Waals surface area (Å²) in [6.07, 6.45) is 0. The molecule has 0 N–H and O–H groups in total. The highest BCUT2D eigenvalue weighted by molar-refractivity contribution is 7.70. The van der Waals surface area contributed by atoms with Crippen molar-refractivity contribution in [3.8, 4) is 5.75 Å². The van der Waals surface area contributed by atoms with Crippen LogP contribution >= 0.6 is 7.14 Å². The summed E-state index contributed by atoms with van der Waals surface area (Å²) in [6.45, 7) is 3.75. The van der Waals surface area contributed by atoms with Crippen LogP contribution in [0.1, 0.15) is 0 Å². The summed E-state index contributed by atoms with van der Waals surface area (Å²) in [7, 11) is -0.954. The predicted octanol–water partition coefficient (Wildman–Crippen LogP) is 1.87. The maximum absolute atomic E-state index is 11.9. The monoisotopic (exact) mass is 273 g/mol. The molecule has 0 radical (unpaired) electrons. The highest BCUT2D eigenvalue weighted by Gasteiger charge is 2.20. The van der Waals surface area contributed by atoms with Gasteiger partial charge in [-0.2, -0.15) is 0 Å². The number of nitro benzene ring substituents is 1. The summed E-state index contributed by atoms with van der Waals surface area (Å²) in [4.78, 5) is 10.3. The van der Waals surface area contributed by atoms with E-state index in [0.717, 1.165) is 0 Å². The van der Waals surface area contributed by atoms with Crippen LogP contribution in [0, 0.1) is 10.1 Å².